The number of rotatable bonds is 4. The normalized spacial score (nSPS) is 45.0. The number of aliphatic hydroxyl groups is 2. The average Bonchev–Trinajstić information content (AvgIpc) is 3.00. The van der Waals surface area contributed by atoms with Gasteiger partial charge in [-0.1, -0.05) is 32.9 Å². The second-order valence-electron chi connectivity index (χ2n) is 12.1. The lowest BCUT2D eigenvalue weighted by Gasteiger charge is -2.59. The van der Waals surface area contributed by atoms with Gasteiger partial charge in [0.15, 0.2) is 5.78 Å². The molecule has 3 fully saturated rings. The smallest absolute Gasteiger partial charge is 0.155 e. The lowest BCUT2D eigenvalue weighted by molar-refractivity contribution is -0.119. The van der Waals surface area contributed by atoms with E-state index in [1.54, 1.807) is 6.08 Å². The standard InChI is InChI=1S/C27H42O3/c1-17(7-6-12-25(2,3)30)20-8-9-21-19-16-24(29)23-15-18(28)10-13-27(23,5)22(19)11-14-26(20,21)4/h6,12,15,17,19-22,24,29-30H,7-11,13-14,16H2,1-5H3/b12-6+/t17-,19+,20-,21+,22+,24-,26-,27-/m1/s1. The average molecular weight is 415 g/mol. The van der Waals surface area contributed by atoms with Crippen LogP contribution in [0.4, 0.5) is 0 Å². The first-order valence-corrected chi connectivity index (χ1v) is 12.3. The molecule has 0 aromatic heterocycles. The van der Waals surface area contributed by atoms with Gasteiger partial charge in [0.1, 0.15) is 0 Å². The van der Waals surface area contributed by atoms with Crippen molar-refractivity contribution >= 4 is 5.78 Å². The Morgan fingerprint density at radius 3 is 2.63 bits per heavy atom. The quantitative estimate of drug-likeness (QED) is 0.601. The number of ketones is 1. The van der Waals surface area contributed by atoms with Crippen LogP contribution < -0.4 is 0 Å². The second kappa shape index (κ2) is 7.59. The van der Waals surface area contributed by atoms with Crippen LogP contribution in [-0.4, -0.2) is 27.7 Å². The van der Waals surface area contributed by atoms with E-state index in [1.807, 2.05) is 19.9 Å². The van der Waals surface area contributed by atoms with E-state index < -0.39 is 11.7 Å². The molecule has 0 radical (unpaired) electrons. The Morgan fingerprint density at radius 2 is 1.93 bits per heavy atom. The van der Waals surface area contributed by atoms with Crippen molar-refractivity contribution in [3.05, 3.63) is 23.8 Å². The van der Waals surface area contributed by atoms with Crippen LogP contribution in [0.1, 0.15) is 86.0 Å². The minimum atomic E-state index is -0.736. The molecule has 168 valence electrons. The van der Waals surface area contributed by atoms with E-state index in [0.717, 1.165) is 24.8 Å². The fourth-order valence-electron chi connectivity index (χ4n) is 8.32. The summed E-state index contributed by atoms with van der Waals surface area (Å²) in [6.07, 6.45) is 14.0. The molecule has 30 heavy (non-hydrogen) atoms. The van der Waals surface area contributed by atoms with E-state index in [-0.39, 0.29) is 11.2 Å². The maximum Gasteiger partial charge on any atom is 0.155 e. The predicted octanol–water partition coefficient (Wildman–Crippen LogP) is 5.46. The van der Waals surface area contributed by atoms with Crippen molar-refractivity contribution in [1.82, 2.24) is 0 Å². The van der Waals surface area contributed by atoms with Gasteiger partial charge in [0.2, 0.25) is 0 Å². The highest BCUT2D eigenvalue weighted by molar-refractivity contribution is 5.91. The van der Waals surface area contributed by atoms with E-state index >= 15 is 0 Å². The van der Waals surface area contributed by atoms with Gasteiger partial charge >= 0.3 is 0 Å². The van der Waals surface area contributed by atoms with Crippen LogP contribution in [0.3, 0.4) is 0 Å². The first kappa shape index (κ1) is 22.3. The summed E-state index contributed by atoms with van der Waals surface area (Å²) in [5.41, 5.74) is 0.672. The molecule has 8 atom stereocenters. The van der Waals surface area contributed by atoms with Crippen LogP contribution in [0.5, 0.6) is 0 Å². The van der Waals surface area contributed by atoms with Gasteiger partial charge in [0, 0.05) is 6.42 Å². The van der Waals surface area contributed by atoms with Crippen LogP contribution in [0.15, 0.2) is 23.8 Å². The SMILES string of the molecule is C[C@H](C/C=C/C(C)(C)O)[C@H]1CC[C@H]2[C@@H]3C[C@@H](O)C4=CC(=O)CC[C@]4(C)[C@H]3CC[C@]12C. The number of allylic oxidation sites excluding steroid dienone is 1. The van der Waals surface area contributed by atoms with Gasteiger partial charge in [-0.05, 0) is 111 Å². The Hall–Kier alpha value is -0.930. The summed E-state index contributed by atoms with van der Waals surface area (Å²) < 4.78 is 0. The molecule has 0 aromatic rings. The van der Waals surface area contributed by atoms with Gasteiger partial charge in [0.05, 0.1) is 11.7 Å². The molecule has 3 saturated carbocycles. The predicted molar refractivity (Wildman–Crippen MR) is 121 cm³/mol. The highest BCUT2D eigenvalue weighted by atomic mass is 16.3. The molecule has 0 aromatic carbocycles. The topological polar surface area (TPSA) is 57.5 Å². The lowest BCUT2D eigenvalue weighted by atomic mass is 9.46. The Kier molecular flexibility index (Phi) is 5.63. The van der Waals surface area contributed by atoms with Crippen molar-refractivity contribution in [2.45, 2.75) is 97.7 Å². The minimum Gasteiger partial charge on any atom is -0.389 e. The first-order chi connectivity index (χ1) is 14.0. The Balaban J connectivity index is 1.54. The third-order valence-corrected chi connectivity index (χ3v) is 9.77. The zero-order chi connectivity index (χ0) is 21.9. The highest BCUT2D eigenvalue weighted by Crippen LogP contribution is 2.67. The lowest BCUT2D eigenvalue weighted by Crippen LogP contribution is -2.54. The van der Waals surface area contributed by atoms with Crippen molar-refractivity contribution in [2.24, 2.45) is 40.4 Å². The molecule has 0 bridgehead atoms. The second-order valence-corrected chi connectivity index (χ2v) is 12.1. The van der Waals surface area contributed by atoms with Gasteiger partial charge < -0.3 is 10.2 Å². The number of hydrogen-bond donors (Lipinski definition) is 2. The van der Waals surface area contributed by atoms with Gasteiger partial charge in [0.25, 0.3) is 0 Å². The van der Waals surface area contributed by atoms with Crippen LogP contribution >= 0.6 is 0 Å². The molecule has 0 spiro atoms. The first-order valence-electron chi connectivity index (χ1n) is 12.3. The van der Waals surface area contributed by atoms with E-state index in [0.29, 0.717) is 41.4 Å². The molecule has 3 nitrogen and oxygen atoms in total. The molecule has 2 N–H and O–H groups in total. The summed E-state index contributed by atoms with van der Waals surface area (Å²) in [4.78, 5) is 12.1. The number of hydrogen-bond acceptors (Lipinski definition) is 3. The van der Waals surface area contributed by atoms with Crippen LogP contribution in [0.25, 0.3) is 0 Å². The summed E-state index contributed by atoms with van der Waals surface area (Å²) in [6, 6.07) is 0. The maximum atomic E-state index is 12.1. The number of fused-ring (bicyclic) bond motifs is 5. The Labute approximate surface area is 183 Å². The van der Waals surface area contributed by atoms with Gasteiger partial charge in [-0.25, -0.2) is 0 Å². The zero-order valence-electron chi connectivity index (χ0n) is 19.7. The molecule has 4 aliphatic carbocycles. The van der Waals surface area contributed by atoms with Crippen molar-refractivity contribution < 1.29 is 15.0 Å². The van der Waals surface area contributed by atoms with E-state index in [9.17, 15) is 15.0 Å². The molecule has 0 amide bonds. The molecule has 0 aliphatic heterocycles. The zero-order valence-corrected chi connectivity index (χ0v) is 19.7. The molecular weight excluding hydrogens is 372 g/mol. The molecule has 0 unspecified atom stereocenters. The summed E-state index contributed by atoms with van der Waals surface area (Å²) in [5.74, 6) is 3.41. The number of carbonyl (C=O) groups is 1. The minimum absolute atomic E-state index is 0.0106. The summed E-state index contributed by atoms with van der Waals surface area (Å²) in [6.45, 7) is 10.9. The van der Waals surface area contributed by atoms with Gasteiger partial charge in [-0.3, -0.25) is 4.79 Å². The monoisotopic (exact) mass is 414 g/mol. The summed E-state index contributed by atoms with van der Waals surface area (Å²) >= 11 is 0. The van der Waals surface area contributed by atoms with Crippen molar-refractivity contribution in [3.8, 4) is 0 Å². The maximum absolute atomic E-state index is 12.1. The fraction of sp³-hybridized carbons (Fsp3) is 0.815. The van der Waals surface area contributed by atoms with Crippen LogP contribution in [-0.2, 0) is 4.79 Å². The molecule has 4 rings (SSSR count). The summed E-state index contributed by atoms with van der Waals surface area (Å²) in [5, 5.41) is 21.0. The van der Waals surface area contributed by atoms with Crippen LogP contribution in [0, 0.1) is 40.4 Å². The number of carbonyl (C=O) groups excluding carboxylic acids is 1. The van der Waals surface area contributed by atoms with E-state index in [1.165, 1.54) is 25.7 Å². The fourth-order valence-corrected chi connectivity index (χ4v) is 8.32. The molecule has 3 heteroatoms. The van der Waals surface area contributed by atoms with Gasteiger partial charge in [-0.15, -0.1) is 0 Å². The molecule has 0 saturated heterocycles. The Bertz CT molecular complexity index is 744. The molecular formula is C27H42O3. The van der Waals surface area contributed by atoms with Crippen molar-refractivity contribution in [2.75, 3.05) is 0 Å². The van der Waals surface area contributed by atoms with E-state index in [4.69, 9.17) is 0 Å². The Morgan fingerprint density at radius 1 is 1.20 bits per heavy atom. The third-order valence-electron chi connectivity index (χ3n) is 9.77. The molecule has 0 heterocycles. The third kappa shape index (κ3) is 3.64. The van der Waals surface area contributed by atoms with Crippen molar-refractivity contribution in [1.29, 1.82) is 0 Å². The number of aliphatic hydroxyl groups excluding tert-OH is 1. The molecule has 4 aliphatic rings. The largest absolute Gasteiger partial charge is 0.389 e. The van der Waals surface area contributed by atoms with Crippen molar-refractivity contribution in [3.63, 3.8) is 0 Å². The van der Waals surface area contributed by atoms with Crippen LogP contribution in [0.2, 0.25) is 0 Å². The highest BCUT2D eigenvalue weighted by Gasteiger charge is 2.60. The van der Waals surface area contributed by atoms with E-state index in [2.05, 4.69) is 26.8 Å². The van der Waals surface area contributed by atoms with Gasteiger partial charge in [-0.2, -0.15) is 0 Å². The summed E-state index contributed by atoms with van der Waals surface area (Å²) in [7, 11) is 0.